The summed E-state index contributed by atoms with van der Waals surface area (Å²) >= 11 is 1.62. The SMILES string of the molecule is CC(C)(O)O.CCCSc1nc(N)c2c(n1)N(CCC(CC)OCCN)NN2.Fc1ccc(C2CC2)cc1F. The third kappa shape index (κ3) is 12.2. The number of nitrogens with one attached hydrogen (secondary N) is 2. The van der Waals surface area contributed by atoms with Gasteiger partial charge in [-0.1, -0.05) is 31.7 Å². The molecule has 1 aromatic carbocycles. The number of aliphatic hydroxyl groups is 2. The Balaban J connectivity index is 0.000000273. The normalized spacial score (nSPS) is 14.9. The van der Waals surface area contributed by atoms with Crippen molar-refractivity contribution in [3.63, 3.8) is 0 Å². The van der Waals surface area contributed by atoms with Gasteiger partial charge in [-0.05, 0) is 69.6 Å². The van der Waals surface area contributed by atoms with Crippen LogP contribution in [0.1, 0.15) is 71.3 Å². The van der Waals surface area contributed by atoms with Gasteiger partial charge >= 0.3 is 0 Å². The van der Waals surface area contributed by atoms with Gasteiger partial charge in [0.2, 0.25) is 0 Å². The summed E-state index contributed by atoms with van der Waals surface area (Å²) < 4.78 is 30.7. The van der Waals surface area contributed by atoms with Gasteiger partial charge in [-0.3, -0.25) is 10.4 Å². The predicted molar refractivity (Wildman–Crippen MR) is 152 cm³/mol. The zero-order valence-corrected chi connectivity index (χ0v) is 24.0. The van der Waals surface area contributed by atoms with E-state index in [4.69, 9.17) is 26.4 Å². The summed E-state index contributed by atoms with van der Waals surface area (Å²) in [6.07, 6.45) is 5.33. The third-order valence-electron chi connectivity index (χ3n) is 5.50. The van der Waals surface area contributed by atoms with Crippen LogP contribution in [0.15, 0.2) is 23.4 Å². The van der Waals surface area contributed by atoms with Crippen molar-refractivity contribution in [3.8, 4) is 0 Å². The minimum Gasteiger partial charge on any atom is -0.382 e. The minimum absolute atomic E-state index is 0.192. The Hall–Kier alpha value is -2.29. The molecule has 1 fully saturated rings. The maximum absolute atomic E-state index is 12.6. The predicted octanol–water partition coefficient (Wildman–Crippen LogP) is 3.91. The first-order valence-corrected chi connectivity index (χ1v) is 14.3. The fraction of sp³-hybridized carbons (Fsp3) is 0.615. The molecule has 4 rings (SSSR count). The van der Waals surface area contributed by atoms with Crippen LogP contribution in [0, 0.1) is 11.6 Å². The van der Waals surface area contributed by atoms with E-state index in [-0.39, 0.29) is 6.10 Å². The van der Waals surface area contributed by atoms with Crippen LogP contribution in [-0.2, 0) is 4.74 Å². The van der Waals surface area contributed by atoms with Gasteiger partial charge in [-0.15, -0.1) is 5.53 Å². The van der Waals surface area contributed by atoms with Crippen molar-refractivity contribution >= 4 is 29.1 Å². The minimum atomic E-state index is -1.50. The van der Waals surface area contributed by atoms with Crippen LogP contribution in [0.25, 0.3) is 0 Å². The highest BCUT2D eigenvalue weighted by molar-refractivity contribution is 7.99. The summed E-state index contributed by atoms with van der Waals surface area (Å²) in [6, 6.07) is 4.16. The molecule has 1 aliphatic carbocycles. The number of rotatable bonds is 11. The second-order valence-electron chi connectivity index (χ2n) is 9.75. The number of halogens is 2. The molecule has 2 heterocycles. The summed E-state index contributed by atoms with van der Waals surface area (Å²) in [4.78, 5) is 8.94. The molecule has 1 unspecified atom stereocenters. The lowest BCUT2D eigenvalue weighted by molar-refractivity contribution is -0.127. The standard InChI is InChI=1S/C14H27N7OS.C9H8F2.C3H8O2/c1-3-9-23-14-17-12(16)11-13(18-14)21(20-19-11)7-5-10(4-2)22-8-6-15;10-8-4-3-7(5-9(8)11)6-1-2-6;1-3(2,4)5/h10,19-20H,3-9,15H2,1-2H3,(H2,16,17,18);3-6H,1-2H2;4-5H,1-2H3. The van der Waals surface area contributed by atoms with Gasteiger partial charge in [0, 0.05) is 18.8 Å². The van der Waals surface area contributed by atoms with Crippen molar-refractivity contribution in [3.05, 3.63) is 35.4 Å². The number of hydrogen-bond acceptors (Lipinski definition) is 11. The molecule has 220 valence electrons. The molecule has 0 saturated heterocycles. The lowest BCUT2D eigenvalue weighted by atomic mass is 10.1. The lowest BCUT2D eigenvalue weighted by Gasteiger charge is -2.21. The van der Waals surface area contributed by atoms with E-state index in [0.29, 0.717) is 30.0 Å². The van der Waals surface area contributed by atoms with Crippen molar-refractivity contribution in [2.24, 2.45) is 5.73 Å². The Kier molecular flexibility index (Phi) is 13.6. The van der Waals surface area contributed by atoms with Gasteiger partial charge in [0.05, 0.1) is 12.7 Å². The van der Waals surface area contributed by atoms with E-state index in [2.05, 4.69) is 34.8 Å². The number of hydrazine groups is 2. The highest BCUT2D eigenvalue weighted by atomic mass is 32.2. The molecular formula is C26H43F2N7O3S. The number of aromatic nitrogens is 2. The maximum Gasteiger partial charge on any atom is 0.191 e. The average Bonchev–Trinajstić information content (AvgIpc) is 3.64. The fourth-order valence-corrected chi connectivity index (χ4v) is 4.15. The Morgan fingerprint density at radius 3 is 2.46 bits per heavy atom. The number of benzene rings is 1. The molecule has 2 aliphatic rings. The van der Waals surface area contributed by atoms with E-state index in [0.717, 1.165) is 61.5 Å². The van der Waals surface area contributed by atoms with E-state index in [1.165, 1.54) is 26.0 Å². The van der Waals surface area contributed by atoms with Crippen LogP contribution in [0.5, 0.6) is 0 Å². The molecule has 1 aliphatic heterocycles. The first kappa shape index (κ1) is 32.9. The van der Waals surface area contributed by atoms with Gasteiger partial charge in [0.15, 0.2) is 34.2 Å². The molecule has 2 aromatic rings. The number of anilines is 3. The number of thioether (sulfide) groups is 1. The first-order valence-electron chi connectivity index (χ1n) is 13.3. The molecule has 8 N–H and O–H groups in total. The molecule has 13 heteroatoms. The van der Waals surface area contributed by atoms with Crippen molar-refractivity contribution in [2.45, 2.75) is 82.8 Å². The van der Waals surface area contributed by atoms with Gasteiger partial charge in [0.1, 0.15) is 5.69 Å². The summed E-state index contributed by atoms with van der Waals surface area (Å²) in [6.45, 7) is 8.74. The molecule has 39 heavy (non-hydrogen) atoms. The Morgan fingerprint density at radius 2 is 1.90 bits per heavy atom. The van der Waals surface area contributed by atoms with Gasteiger partial charge in [0.25, 0.3) is 0 Å². The molecule has 1 aromatic heterocycles. The second-order valence-corrected chi connectivity index (χ2v) is 10.8. The highest BCUT2D eigenvalue weighted by Crippen LogP contribution is 2.40. The van der Waals surface area contributed by atoms with Gasteiger partial charge < -0.3 is 26.4 Å². The third-order valence-corrected chi connectivity index (χ3v) is 6.55. The fourth-order valence-electron chi connectivity index (χ4n) is 3.45. The number of nitrogens with zero attached hydrogens (tertiary/aromatic N) is 3. The summed E-state index contributed by atoms with van der Waals surface area (Å²) in [5.41, 5.74) is 19.3. The molecule has 0 spiro atoms. The summed E-state index contributed by atoms with van der Waals surface area (Å²) in [7, 11) is 0. The van der Waals surface area contributed by atoms with Crippen LogP contribution < -0.4 is 27.4 Å². The monoisotopic (exact) mass is 571 g/mol. The molecule has 1 saturated carbocycles. The molecule has 0 bridgehead atoms. The Bertz CT molecular complexity index is 1020. The zero-order valence-electron chi connectivity index (χ0n) is 23.2. The van der Waals surface area contributed by atoms with E-state index in [1.807, 2.05) is 5.01 Å². The molecule has 1 atom stereocenters. The molecule has 0 radical (unpaired) electrons. The van der Waals surface area contributed by atoms with Crippen molar-refractivity contribution in [1.29, 1.82) is 0 Å². The first-order chi connectivity index (χ1) is 18.5. The van der Waals surface area contributed by atoms with E-state index >= 15 is 0 Å². The summed E-state index contributed by atoms with van der Waals surface area (Å²) in [5, 5.41) is 18.8. The smallest absolute Gasteiger partial charge is 0.191 e. The molecule has 10 nitrogen and oxygen atoms in total. The van der Waals surface area contributed by atoms with Crippen molar-refractivity contribution in [2.75, 3.05) is 41.6 Å². The van der Waals surface area contributed by atoms with Gasteiger partial charge in [-0.2, -0.15) is 0 Å². The number of ether oxygens (including phenoxy) is 1. The molecule has 0 amide bonds. The largest absolute Gasteiger partial charge is 0.382 e. The molecular weight excluding hydrogens is 528 g/mol. The van der Waals surface area contributed by atoms with Crippen LogP contribution in [0.3, 0.4) is 0 Å². The van der Waals surface area contributed by atoms with E-state index < -0.39 is 17.4 Å². The van der Waals surface area contributed by atoms with E-state index in [9.17, 15) is 8.78 Å². The zero-order chi connectivity index (χ0) is 29.0. The van der Waals surface area contributed by atoms with Crippen LogP contribution in [-0.4, -0.2) is 57.5 Å². The Labute approximate surface area is 233 Å². The van der Waals surface area contributed by atoms with Gasteiger partial charge in [-0.25, -0.2) is 18.7 Å². The highest BCUT2D eigenvalue weighted by Gasteiger charge is 2.25. The number of nitrogens with two attached hydrogens (primary N) is 2. The number of nitrogen functional groups attached to an aromatic ring is 1. The van der Waals surface area contributed by atoms with Crippen LogP contribution in [0.2, 0.25) is 0 Å². The van der Waals surface area contributed by atoms with Crippen LogP contribution >= 0.6 is 11.8 Å². The second kappa shape index (κ2) is 16.1. The Morgan fingerprint density at radius 1 is 1.21 bits per heavy atom. The van der Waals surface area contributed by atoms with Crippen LogP contribution in [0.4, 0.5) is 26.1 Å². The van der Waals surface area contributed by atoms with E-state index in [1.54, 1.807) is 17.8 Å². The summed E-state index contributed by atoms with van der Waals surface area (Å²) in [5.74, 6) is -0.252. The number of hydrogen-bond donors (Lipinski definition) is 6. The lowest BCUT2D eigenvalue weighted by Crippen LogP contribution is -2.38. The van der Waals surface area contributed by atoms with Crippen molar-refractivity contribution in [1.82, 2.24) is 15.5 Å². The quantitative estimate of drug-likeness (QED) is 0.132. The average molecular weight is 572 g/mol. The maximum atomic E-state index is 12.6. The van der Waals surface area contributed by atoms with Crippen molar-refractivity contribution < 1.29 is 23.7 Å². The number of fused-ring (bicyclic) bond motifs is 1. The topological polar surface area (TPSA) is 155 Å².